The monoisotopic (exact) mass is 336 g/mol. The summed E-state index contributed by atoms with van der Waals surface area (Å²) in [6.45, 7) is 3.03. The summed E-state index contributed by atoms with van der Waals surface area (Å²) < 4.78 is 26.8. The minimum absolute atomic E-state index is 0.321. The number of benzene rings is 1. The molecule has 0 bridgehead atoms. The smallest absolute Gasteiger partial charge is 0.245 e. The van der Waals surface area contributed by atoms with E-state index in [9.17, 15) is 13.2 Å². The number of para-hydroxylation sites is 2. The Morgan fingerprint density at radius 2 is 2.13 bits per heavy atom. The van der Waals surface area contributed by atoms with Crippen LogP contribution in [-0.4, -0.2) is 47.0 Å². The molecule has 23 heavy (non-hydrogen) atoms. The summed E-state index contributed by atoms with van der Waals surface area (Å²) in [6, 6.07) is 6.98. The van der Waals surface area contributed by atoms with Crippen LogP contribution in [0.5, 0.6) is 0 Å². The maximum atomic E-state index is 12.5. The Balaban J connectivity index is 1.88. The quantitative estimate of drug-likeness (QED) is 0.915. The number of aryl methyl sites for hydroxylation is 1. The van der Waals surface area contributed by atoms with Crippen LogP contribution in [0.4, 0.5) is 5.95 Å². The fourth-order valence-electron chi connectivity index (χ4n) is 3.08. The third-order valence-electron chi connectivity index (χ3n) is 4.14. The van der Waals surface area contributed by atoms with Crippen LogP contribution in [0, 0.1) is 0 Å². The average Bonchev–Trinajstić information content (AvgIpc) is 3.10. The first kappa shape index (κ1) is 15.9. The Labute approximate surface area is 135 Å². The van der Waals surface area contributed by atoms with Crippen molar-refractivity contribution in [3.05, 3.63) is 24.3 Å². The van der Waals surface area contributed by atoms with Crippen molar-refractivity contribution in [1.82, 2.24) is 13.9 Å². The molecule has 0 radical (unpaired) electrons. The third-order valence-corrected chi connectivity index (χ3v) is 5.43. The summed E-state index contributed by atoms with van der Waals surface area (Å²) in [5, 5.41) is 2.80. The van der Waals surface area contributed by atoms with Crippen LogP contribution < -0.4 is 5.32 Å². The number of hydrogen-bond donors (Lipinski definition) is 1. The van der Waals surface area contributed by atoms with Gasteiger partial charge in [-0.15, -0.1) is 0 Å². The molecule has 1 aromatic carbocycles. The molecule has 1 atom stereocenters. The van der Waals surface area contributed by atoms with E-state index in [1.54, 1.807) is 0 Å². The highest BCUT2D eigenvalue weighted by atomic mass is 32.2. The lowest BCUT2D eigenvalue weighted by atomic mass is 10.2. The summed E-state index contributed by atoms with van der Waals surface area (Å²) in [5.74, 6) is 0.136. The first-order valence-corrected chi connectivity index (χ1v) is 9.49. The highest BCUT2D eigenvalue weighted by Crippen LogP contribution is 2.23. The minimum Gasteiger partial charge on any atom is -0.310 e. The van der Waals surface area contributed by atoms with Crippen LogP contribution in [0.3, 0.4) is 0 Å². The largest absolute Gasteiger partial charge is 0.310 e. The van der Waals surface area contributed by atoms with Crippen molar-refractivity contribution in [3.63, 3.8) is 0 Å². The van der Waals surface area contributed by atoms with Gasteiger partial charge in [-0.25, -0.2) is 13.4 Å². The molecule has 0 saturated carbocycles. The number of nitrogens with one attached hydrogen (secondary N) is 1. The summed E-state index contributed by atoms with van der Waals surface area (Å²) >= 11 is 0. The Morgan fingerprint density at radius 3 is 2.83 bits per heavy atom. The SMILES string of the molecule is CCn1c(NC(=O)C2CCCN2S(C)(=O)=O)nc2ccccc21. The van der Waals surface area contributed by atoms with Gasteiger partial charge >= 0.3 is 0 Å². The van der Waals surface area contributed by atoms with Crippen molar-refractivity contribution < 1.29 is 13.2 Å². The Hall–Kier alpha value is -1.93. The highest BCUT2D eigenvalue weighted by Gasteiger charge is 2.36. The van der Waals surface area contributed by atoms with Gasteiger partial charge < -0.3 is 4.57 Å². The predicted octanol–water partition coefficient (Wildman–Crippen LogP) is 1.42. The Bertz CT molecular complexity index is 844. The normalized spacial score (nSPS) is 19.3. The molecular formula is C15H20N4O3S. The van der Waals surface area contributed by atoms with Crippen LogP contribution in [0.2, 0.25) is 0 Å². The molecule has 124 valence electrons. The van der Waals surface area contributed by atoms with E-state index in [2.05, 4.69) is 10.3 Å². The van der Waals surface area contributed by atoms with E-state index in [0.29, 0.717) is 31.9 Å². The van der Waals surface area contributed by atoms with Crippen molar-refractivity contribution in [2.45, 2.75) is 32.4 Å². The van der Waals surface area contributed by atoms with Crippen LogP contribution in [0.25, 0.3) is 11.0 Å². The second-order valence-electron chi connectivity index (χ2n) is 5.69. The number of amides is 1. The van der Waals surface area contributed by atoms with E-state index < -0.39 is 16.1 Å². The van der Waals surface area contributed by atoms with Gasteiger partial charge in [-0.2, -0.15) is 4.31 Å². The Kier molecular flexibility index (Phi) is 4.11. The van der Waals surface area contributed by atoms with Crippen LogP contribution in [0.15, 0.2) is 24.3 Å². The van der Waals surface area contributed by atoms with Crippen LogP contribution in [-0.2, 0) is 21.4 Å². The van der Waals surface area contributed by atoms with Gasteiger partial charge in [-0.3, -0.25) is 10.1 Å². The zero-order chi connectivity index (χ0) is 16.6. The van der Waals surface area contributed by atoms with Crippen molar-refractivity contribution in [2.75, 3.05) is 18.1 Å². The number of rotatable bonds is 4. The van der Waals surface area contributed by atoms with Crippen molar-refractivity contribution in [2.24, 2.45) is 0 Å². The minimum atomic E-state index is -3.38. The van der Waals surface area contributed by atoms with Crippen LogP contribution >= 0.6 is 0 Å². The maximum Gasteiger partial charge on any atom is 0.245 e. The topological polar surface area (TPSA) is 84.3 Å². The zero-order valence-electron chi connectivity index (χ0n) is 13.2. The number of hydrogen-bond acceptors (Lipinski definition) is 4. The summed E-state index contributed by atoms with van der Waals surface area (Å²) in [5.41, 5.74) is 1.74. The second-order valence-corrected chi connectivity index (χ2v) is 7.62. The lowest BCUT2D eigenvalue weighted by Gasteiger charge is -2.21. The van der Waals surface area contributed by atoms with E-state index in [1.807, 2.05) is 35.8 Å². The molecule has 0 aliphatic carbocycles. The molecule has 1 unspecified atom stereocenters. The molecule has 3 rings (SSSR count). The average molecular weight is 336 g/mol. The lowest BCUT2D eigenvalue weighted by molar-refractivity contribution is -0.119. The fourth-order valence-corrected chi connectivity index (χ4v) is 4.21. The molecule has 1 aliphatic heterocycles. The lowest BCUT2D eigenvalue weighted by Crippen LogP contribution is -2.42. The van der Waals surface area contributed by atoms with Crippen molar-refractivity contribution in [3.8, 4) is 0 Å². The summed E-state index contributed by atoms with van der Waals surface area (Å²) in [7, 11) is -3.38. The molecule has 2 aromatic rings. The van der Waals surface area contributed by atoms with Gasteiger partial charge in [0.2, 0.25) is 21.9 Å². The number of anilines is 1. The second kappa shape index (κ2) is 5.93. The molecular weight excluding hydrogens is 316 g/mol. The number of fused-ring (bicyclic) bond motifs is 1. The number of aromatic nitrogens is 2. The van der Waals surface area contributed by atoms with Gasteiger partial charge in [0.1, 0.15) is 6.04 Å². The van der Waals surface area contributed by atoms with Crippen molar-refractivity contribution in [1.29, 1.82) is 0 Å². The maximum absolute atomic E-state index is 12.5. The van der Waals surface area contributed by atoms with Gasteiger partial charge in [0.15, 0.2) is 0 Å². The fraction of sp³-hybridized carbons (Fsp3) is 0.467. The first-order chi connectivity index (χ1) is 10.9. The molecule has 1 fully saturated rings. The third kappa shape index (κ3) is 2.96. The molecule has 2 heterocycles. The number of carbonyl (C=O) groups is 1. The molecule has 0 spiro atoms. The summed E-state index contributed by atoms with van der Waals surface area (Å²) in [6.07, 6.45) is 2.36. The number of imidazole rings is 1. The predicted molar refractivity (Wildman–Crippen MR) is 88.6 cm³/mol. The number of sulfonamides is 1. The molecule has 7 nitrogen and oxygen atoms in total. The summed E-state index contributed by atoms with van der Waals surface area (Å²) in [4.78, 5) is 17.0. The van der Waals surface area contributed by atoms with E-state index in [0.717, 1.165) is 17.3 Å². The number of carbonyl (C=O) groups excluding carboxylic acids is 1. The standard InChI is InChI=1S/C15H20N4O3S/c1-3-18-12-8-5-4-7-11(12)16-15(18)17-14(20)13-9-6-10-19(13)23(2,21)22/h4-5,7-8,13H,3,6,9-10H2,1-2H3,(H,16,17,20). The van der Waals surface area contributed by atoms with Crippen LogP contribution in [0.1, 0.15) is 19.8 Å². The number of nitrogens with zero attached hydrogens (tertiary/aromatic N) is 3. The van der Waals surface area contributed by atoms with Gasteiger partial charge in [0.05, 0.1) is 17.3 Å². The Morgan fingerprint density at radius 1 is 1.39 bits per heavy atom. The molecule has 1 aliphatic rings. The molecule has 1 N–H and O–H groups in total. The van der Waals surface area contributed by atoms with Gasteiger partial charge in [0.25, 0.3) is 0 Å². The van der Waals surface area contributed by atoms with Crippen molar-refractivity contribution >= 4 is 32.9 Å². The molecule has 8 heteroatoms. The zero-order valence-corrected chi connectivity index (χ0v) is 14.0. The van der Waals surface area contributed by atoms with E-state index in [-0.39, 0.29) is 5.91 Å². The molecule has 1 aromatic heterocycles. The van der Waals surface area contributed by atoms with E-state index in [1.165, 1.54) is 4.31 Å². The van der Waals surface area contributed by atoms with E-state index >= 15 is 0 Å². The highest BCUT2D eigenvalue weighted by molar-refractivity contribution is 7.88. The van der Waals surface area contributed by atoms with Gasteiger partial charge in [0, 0.05) is 13.1 Å². The van der Waals surface area contributed by atoms with Gasteiger partial charge in [-0.1, -0.05) is 12.1 Å². The first-order valence-electron chi connectivity index (χ1n) is 7.64. The van der Waals surface area contributed by atoms with Gasteiger partial charge in [-0.05, 0) is 31.9 Å². The molecule has 1 amide bonds. The van der Waals surface area contributed by atoms with E-state index in [4.69, 9.17) is 0 Å². The molecule has 1 saturated heterocycles.